The van der Waals surface area contributed by atoms with Crippen LogP contribution in [0.5, 0.6) is 0 Å². The smallest absolute Gasteiger partial charge is 0.120 e. The van der Waals surface area contributed by atoms with E-state index in [1.165, 1.54) is 0 Å². The molecule has 2 heterocycles. The van der Waals surface area contributed by atoms with Gasteiger partial charge in [0.25, 0.3) is 0 Å². The number of benzene rings is 2. The first kappa shape index (κ1) is 17.3. The Labute approximate surface area is 157 Å². The van der Waals surface area contributed by atoms with Gasteiger partial charge in [0, 0.05) is 10.0 Å². The van der Waals surface area contributed by atoms with E-state index in [9.17, 15) is 0 Å². The Bertz CT molecular complexity index is 696. The van der Waals surface area contributed by atoms with Crippen molar-refractivity contribution in [1.82, 2.24) is 0 Å². The molecule has 3 nitrogen and oxygen atoms in total. The van der Waals surface area contributed by atoms with E-state index in [0.717, 1.165) is 21.2 Å². The Morgan fingerprint density at radius 1 is 0.760 bits per heavy atom. The summed E-state index contributed by atoms with van der Waals surface area (Å²) in [4.78, 5) is 0. The average Bonchev–Trinajstić information content (AvgIpc) is 3.45. The van der Waals surface area contributed by atoms with Crippen molar-refractivity contribution in [2.45, 2.75) is 37.3 Å². The van der Waals surface area contributed by atoms with E-state index in [0.29, 0.717) is 13.2 Å². The number of ether oxygens (including phenoxy) is 3. The molecule has 0 amide bonds. The predicted octanol–water partition coefficient (Wildman–Crippen LogP) is 5.37. The fourth-order valence-corrected chi connectivity index (χ4v) is 3.51. The highest BCUT2D eigenvalue weighted by molar-refractivity contribution is 6.30. The summed E-state index contributed by atoms with van der Waals surface area (Å²) in [5.41, 5.74) is 1.69. The van der Waals surface area contributed by atoms with E-state index in [1.807, 2.05) is 48.5 Å². The summed E-state index contributed by atoms with van der Waals surface area (Å²) in [6.45, 7) is 5.21. The summed E-state index contributed by atoms with van der Waals surface area (Å²) >= 11 is 11.9. The molecule has 0 spiro atoms. The molecule has 2 aromatic rings. The monoisotopic (exact) mass is 378 g/mol. The van der Waals surface area contributed by atoms with Gasteiger partial charge >= 0.3 is 0 Å². The molecule has 0 saturated carbocycles. The van der Waals surface area contributed by atoms with E-state index in [1.54, 1.807) is 0 Å². The third kappa shape index (κ3) is 3.57. The molecular weight excluding hydrogens is 359 g/mol. The highest BCUT2D eigenvalue weighted by atomic mass is 35.5. The van der Waals surface area contributed by atoms with Crippen LogP contribution in [-0.2, 0) is 14.2 Å². The van der Waals surface area contributed by atoms with Crippen LogP contribution in [0.15, 0.2) is 48.5 Å². The molecular formula is C20H20Cl2O3. The molecule has 0 aliphatic carbocycles. The maximum Gasteiger partial charge on any atom is 0.120 e. The molecule has 2 aromatic carbocycles. The van der Waals surface area contributed by atoms with Gasteiger partial charge in [-0.05, 0) is 49.2 Å². The van der Waals surface area contributed by atoms with Gasteiger partial charge in [-0.25, -0.2) is 0 Å². The third-order valence-corrected chi connectivity index (χ3v) is 5.40. The van der Waals surface area contributed by atoms with Crippen LogP contribution in [-0.4, -0.2) is 24.4 Å². The molecule has 4 atom stereocenters. The molecule has 4 unspecified atom stereocenters. The maximum atomic E-state index is 5.94. The standard InChI is InChI=1S/C20H20Cl2O3/c1-19(17(24-19)13-3-7-15(21)8-4-13)11-23-12-20(2)18(25-20)14-5-9-16(22)10-6-14/h3-10,17-18H,11-12H2,1-2H3. The summed E-state index contributed by atoms with van der Waals surface area (Å²) in [5.74, 6) is 0. The van der Waals surface area contributed by atoms with Gasteiger partial charge < -0.3 is 14.2 Å². The topological polar surface area (TPSA) is 34.3 Å². The number of hydrogen-bond acceptors (Lipinski definition) is 3. The number of epoxide rings is 2. The third-order valence-electron chi connectivity index (χ3n) is 4.89. The molecule has 0 bridgehead atoms. The normalized spacial score (nSPS) is 33.3. The Kier molecular flexibility index (Phi) is 4.33. The summed E-state index contributed by atoms with van der Waals surface area (Å²) in [5, 5.41) is 1.46. The van der Waals surface area contributed by atoms with Gasteiger partial charge in [0.05, 0.1) is 13.2 Å². The van der Waals surface area contributed by atoms with Crippen LogP contribution < -0.4 is 0 Å². The van der Waals surface area contributed by atoms with E-state index < -0.39 is 0 Å². The summed E-state index contributed by atoms with van der Waals surface area (Å²) in [6.07, 6.45) is 0.120. The molecule has 0 N–H and O–H groups in total. The fraction of sp³-hybridized carbons (Fsp3) is 0.400. The quantitative estimate of drug-likeness (QED) is 0.633. The Morgan fingerprint density at radius 2 is 1.12 bits per heavy atom. The first-order valence-corrected chi connectivity index (χ1v) is 9.10. The number of hydrogen-bond donors (Lipinski definition) is 0. The van der Waals surface area contributed by atoms with Crippen molar-refractivity contribution < 1.29 is 14.2 Å². The van der Waals surface area contributed by atoms with E-state index in [-0.39, 0.29) is 23.4 Å². The van der Waals surface area contributed by atoms with Gasteiger partial charge in [-0.3, -0.25) is 0 Å². The minimum absolute atomic E-state index is 0.0600. The minimum atomic E-state index is -0.283. The van der Waals surface area contributed by atoms with Gasteiger partial charge in [-0.2, -0.15) is 0 Å². The van der Waals surface area contributed by atoms with Crippen molar-refractivity contribution in [2.24, 2.45) is 0 Å². The van der Waals surface area contributed by atoms with Gasteiger partial charge in [0.2, 0.25) is 0 Å². The van der Waals surface area contributed by atoms with Crippen molar-refractivity contribution in [3.8, 4) is 0 Å². The second-order valence-corrected chi connectivity index (χ2v) is 8.09. The summed E-state index contributed by atoms with van der Waals surface area (Å²) < 4.78 is 17.7. The van der Waals surface area contributed by atoms with Crippen LogP contribution in [0, 0.1) is 0 Å². The van der Waals surface area contributed by atoms with Gasteiger partial charge in [-0.15, -0.1) is 0 Å². The SMILES string of the molecule is CC1(COCC2(C)OC2c2ccc(Cl)cc2)OC1c1ccc(Cl)cc1. The van der Waals surface area contributed by atoms with E-state index >= 15 is 0 Å². The Hall–Kier alpha value is -1.10. The van der Waals surface area contributed by atoms with Crippen molar-refractivity contribution in [2.75, 3.05) is 13.2 Å². The van der Waals surface area contributed by atoms with E-state index in [2.05, 4.69) is 13.8 Å². The van der Waals surface area contributed by atoms with Gasteiger partial charge in [0.15, 0.2) is 0 Å². The molecule has 5 heteroatoms. The first-order chi connectivity index (χ1) is 11.9. The van der Waals surface area contributed by atoms with Crippen LogP contribution in [0.1, 0.15) is 37.2 Å². The van der Waals surface area contributed by atoms with Crippen molar-refractivity contribution in [1.29, 1.82) is 0 Å². The minimum Gasteiger partial charge on any atom is -0.375 e. The molecule has 2 saturated heterocycles. The zero-order chi connectivity index (χ0) is 17.7. The molecule has 2 aliphatic heterocycles. The first-order valence-electron chi connectivity index (χ1n) is 8.34. The maximum absolute atomic E-state index is 5.94. The lowest BCUT2D eigenvalue weighted by molar-refractivity contribution is 0.0520. The average molecular weight is 379 g/mol. The van der Waals surface area contributed by atoms with Crippen molar-refractivity contribution in [3.63, 3.8) is 0 Å². The Morgan fingerprint density at radius 3 is 1.48 bits per heavy atom. The van der Waals surface area contributed by atoms with Crippen LogP contribution in [0.3, 0.4) is 0 Å². The molecule has 0 radical (unpaired) electrons. The molecule has 2 aliphatic rings. The number of rotatable bonds is 6. The molecule has 132 valence electrons. The molecule has 0 aromatic heterocycles. The van der Waals surface area contributed by atoms with Gasteiger partial charge in [-0.1, -0.05) is 47.5 Å². The fourth-order valence-electron chi connectivity index (χ4n) is 3.26. The van der Waals surface area contributed by atoms with Crippen molar-refractivity contribution >= 4 is 23.2 Å². The second-order valence-electron chi connectivity index (χ2n) is 7.22. The lowest BCUT2D eigenvalue weighted by atomic mass is 10.0. The predicted molar refractivity (Wildman–Crippen MR) is 98.2 cm³/mol. The largest absolute Gasteiger partial charge is 0.375 e. The van der Waals surface area contributed by atoms with Crippen LogP contribution in [0.2, 0.25) is 10.0 Å². The summed E-state index contributed by atoms with van der Waals surface area (Å²) in [7, 11) is 0. The van der Waals surface area contributed by atoms with E-state index in [4.69, 9.17) is 37.4 Å². The Balaban J connectivity index is 1.29. The second kappa shape index (κ2) is 6.26. The number of halogens is 2. The highest BCUT2D eigenvalue weighted by Gasteiger charge is 2.56. The highest BCUT2D eigenvalue weighted by Crippen LogP contribution is 2.52. The van der Waals surface area contributed by atoms with Gasteiger partial charge in [0.1, 0.15) is 23.4 Å². The van der Waals surface area contributed by atoms with Crippen LogP contribution >= 0.6 is 23.2 Å². The molecule has 4 rings (SSSR count). The lowest BCUT2D eigenvalue weighted by Crippen LogP contribution is -2.22. The zero-order valence-corrected chi connectivity index (χ0v) is 15.7. The zero-order valence-electron chi connectivity index (χ0n) is 14.2. The molecule has 25 heavy (non-hydrogen) atoms. The lowest BCUT2D eigenvalue weighted by Gasteiger charge is -2.11. The summed E-state index contributed by atoms with van der Waals surface area (Å²) in [6, 6.07) is 15.5. The molecule has 2 fully saturated rings. The van der Waals surface area contributed by atoms with Crippen LogP contribution in [0.25, 0.3) is 0 Å². The van der Waals surface area contributed by atoms with Crippen LogP contribution in [0.4, 0.5) is 0 Å². The van der Waals surface area contributed by atoms with Crippen molar-refractivity contribution in [3.05, 3.63) is 69.7 Å².